The van der Waals surface area contributed by atoms with E-state index in [2.05, 4.69) is 15.6 Å². The van der Waals surface area contributed by atoms with E-state index in [9.17, 15) is 13.2 Å². The lowest BCUT2D eigenvalue weighted by atomic mass is 10.1. The fourth-order valence-corrected chi connectivity index (χ4v) is 3.06. The third kappa shape index (κ3) is 8.39. The molecule has 1 unspecified atom stereocenters. The van der Waals surface area contributed by atoms with E-state index in [1.54, 1.807) is 27.0 Å². The van der Waals surface area contributed by atoms with Crippen molar-refractivity contribution in [1.29, 1.82) is 0 Å². The molecule has 1 heterocycles. The molecule has 1 atom stereocenters. The van der Waals surface area contributed by atoms with E-state index in [0.29, 0.717) is 31.6 Å². The molecule has 0 saturated carbocycles. The van der Waals surface area contributed by atoms with Gasteiger partial charge in [0.1, 0.15) is 5.75 Å². The van der Waals surface area contributed by atoms with Crippen LogP contribution < -0.4 is 15.4 Å². The van der Waals surface area contributed by atoms with Gasteiger partial charge < -0.3 is 24.8 Å². The summed E-state index contributed by atoms with van der Waals surface area (Å²) in [6.45, 7) is 7.02. The Balaban J connectivity index is 1.79. The molecule has 0 spiro atoms. The average molecular weight is 431 g/mol. The molecule has 6 nitrogen and oxygen atoms in total. The highest BCUT2D eigenvalue weighted by Gasteiger charge is 2.33. The van der Waals surface area contributed by atoms with Gasteiger partial charge in [-0.1, -0.05) is 6.07 Å². The highest BCUT2D eigenvalue weighted by molar-refractivity contribution is 5.79. The lowest BCUT2D eigenvalue weighted by Gasteiger charge is -2.18. The predicted molar refractivity (Wildman–Crippen MR) is 110 cm³/mol. The zero-order valence-corrected chi connectivity index (χ0v) is 17.8. The van der Waals surface area contributed by atoms with Crippen molar-refractivity contribution in [1.82, 2.24) is 10.6 Å². The second kappa shape index (κ2) is 12.0. The van der Waals surface area contributed by atoms with Gasteiger partial charge in [-0.15, -0.1) is 0 Å². The molecule has 1 aromatic rings. The number of halogens is 3. The fourth-order valence-electron chi connectivity index (χ4n) is 3.06. The van der Waals surface area contributed by atoms with Crippen LogP contribution in [0, 0.1) is 5.92 Å². The summed E-state index contributed by atoms with van der Waals surface area (Å²) in [4.78, 5) is 4.06. The van der Waals surface area contributed by atoms with Gasteiger partial charge in [0.15, 0.2) is 5.96 Å². The van der Waals surface area contributed by atoms with E-state index in [4.69, 9.17) is 14.2 Å². The average Bonchev–Trinajstić information content (AvgIpc) is 3.19. The quantitative estimate of drug-likeness (QED) is 0.337. The molecule has 1 fully saturated rings. The summed E-state index contributed by atoms with van der Waals surface area (Å²) in [5.74, 6) is 1.12. The number of aliphatic imine (C=N–C) groups is 1. The molecular weight excluding hydrogens is 399 g/mol. The summed E-state index contributed by atoms with van der Waals surface area (Å²) < 4.78 is 56.7. The minimum Gasteiger partial charge on any atom is -0.491 e. The second-order valence-corrected chi connectivity index (χ2v) is 7.49. The molecule has 1 aromatic carbocycles. The number of alkyl halides is 3. The van der Waals surface area contributed by atoms with Gasteiger partial charge in [0.05, 0.1) is 24.9 Å². The lowest BCUT2D eigenvalue weighted by Crippen LogP contribution is -2.38. The van der Waals surface area contributed by atoms with E-state index < -0.39 is 11.7 Å². The van der Waals surface area contributed by atoms with E-state index in [0.717, 1.165) is 32.1 Å². The van der Waals surface area contributed by atoms with Crippen molar-refractivity contribution < 1.29 is 27.4 Å². The predicted octanol–water partition coefficient (Wildman–Crippen LogP) is 3.60. The molecular formula is C21H32F3N3O3. The van der Waals surface area contributed by atoms with Crippen LogP contribution in [0.4, 0.5) is 13.2 Å². The standard InChI is InChI=1S/C21H32F3N3O3/c1-15(2)30-18-6-5-17(19(11-18)21(22,23)24)12-27-20(25-3)26-8-4-9-28-13-16-7-10-29-14-16/h5-6,11,15-16H,4,7-10,12-14H2,1-3H3,(H2,25,26,27). The van der Waals surface area contributed by atoms with E-state index in [1.807, 2.05) is 0 Å². The van der Waals surface area contributed by atoms with E-state index in [1.165, 1.54) is 6.07 Å². The van der Waals surface area contributed by atoms with Crippen LogP contribution in [0.2, 0.25) is 0 Å². The SMILES string of the molecule is CN=C(NCCCOCC1CCOC1)NCc1ccc(OC(C)C)cc1C(F)(F)F. The molecule has 1 aliphatic rings. The van der Waals surface area contributed by atoms with Crippen LogP contribution in [0.1, 0.15) is 37.8 Å². The number of nitrogens with zero attached hydrogens (tertiary/aromatic N) is 1. The van der Waals surface area contributed by atoms with Gasteiger partial charge in [-0.05, 0) is 44.4 Å². The van der Waals surface area contributed by atoms with Crippen molar-refractivity contribution in [2.45, 2.75) is 45.5 Å². The maximum absolute atomic E-state index is 13.5. The largest absolute Gasteiger partial charge is 0.491 e. The number of hydrogen-bond donors (Lipinski definition) is 2. The van der Waals surface area contributed by atoms with Gasteiger partial charge in [-0.3, -0.25) is 4.99 Å². The van der Waals surface area contributed by atoms with E-state index in [-0.39, 0.29) is 24.0 Å². The van der Waals surface area contributed by atoms with Crippen molar-refractivity contribution in [3.05, 3.63) is 29.3 Å². The topological polar surface area (TPSA) is 64.1 Å². The highest BCUT2D eigenvalue weighted by Crippen LogP contribution is 2.34. The number of benzene rings is 1. The van der Waals surface area contributed by atoms with Gasteiger partial charge in [0, 0.05) is 39.3 Å². The van der Waals surface area contributed by atoms with E-state index >= 15 is 0 Å². The van der Waals surface area contributed by atoms with Gasteiger partial charge in [0.2, 0.25) is 0 Å². The molecule has 2 rings (SSSR count). The molecule has 0 aliphatic carbocycles. The molecule has 0 bridgehead atoms. The Morgan fingerprint density at radius 2 is 2.10 bits per heavy atom. The zero-order chi connectivity index (χ0) is 22.0. The van der Waals surface area contributed by atoms with Crippen molar-refractivity contribution in [3.63, 3.8) is 0 Å². The summed E-state index contributed by atoms with van der Waals surface area (Å²) >= 11 is 0. The van der Waals surface area contributed by atoms with Crippen LogP contribution in [0.5, 0.6) is 5.75 Å². The molecule has 0 amide bonds. The second-order valence-electron chi connectivity index (χ2n) is 7.49. The first-order valence-electron chi connectivity index (χ1n) is 10.3. The minimum absolute atomic E-state index is 0.00530. The highest BCUT2D eigenvalue weighted by atomic mass is 19.4. The Labute approximate surface area is 176 Å². The number of rotatable bonds is 10. The lowest BCUT2D eigenvalue weighted by molar-refractivity contribution is -0.138. The van der Waals surface area contributed by atoms with Crippen LogP contribution in [0.15, 0.2) is 23.2 Å². The molecule has 1 saturated heterocycles. The van der Waals surface area contributed by atoms with Gasteiger partial charge in [-0.25, -0.2) is 0 Å². The van der Waals surface area contributed by atoms with Gasteiger partial charge in [0.25, 0.3) is 0 Å². The summed E-state index contributed by atoms with van der Waals surface area (Å²) in [5, 5.41) is 6.03. The Kier molecular flexibility index (Phi) is 9.71. The summed E-state index contributed by atoms with van der Waals surface area (Å²) in [6, 6.07) is 4.02. The first kappa shape index (κ1) is 24.3. The maximum Gasteiger partial charge on any atom is 0.416 e. The molecule has 2 N–H and O–H groups in total. The van der Waals surface area contributed by atoms with Crippen molar-refractivity contribution in [3.8, 4) is 5.75 Å². The Bertz CT molecular complexity index is 675. The number of ether oxygens (including phenoxy) is 3. The molecule has 9 heteroatoms. The third-order valence-corrected chi connectivity index (χ3v) is 4.56. The van der Waals surface area contributed by atoms with Crippen LogP contribution in [0.3, 0.4) is 0 Å². The summed E-state index contributed by atoms with van der Waals surface area (Å²) in [6.07, 6.45) is -2.86. The molecule has 170 valence electrons. The summed E-state index contributed by atoms with van der Waals surface area (Å²) in [7, 11) is 1.58. The molecule has 1 aliphatic heterocycles. The molecule has 30 heavy (non-hydrogen) atoms. The summed E-state index contributed by atoms with van der Waals surface area (Å²) in [5.41, 5.74) is -0.587. The number of hydrogen-bond acceptors (Lipinski definition) is 4. The number of nitrogens with one attached hydrogen (secondary N) is 2. The smallest absolute Gasteiger partial charge is 0.416 e. The number of guanidine groups is 1. The Morgan fingerprint density at radius 1 is 1.30 bits per heavy atom. The third-order valence-electron chi connectivity index (χ3n) is 4.56. The van der Waals surface area contributed by atoms with Crippen LogP contribution in [-0.2, 0) is 22.2 Å². The zero-order valence-electron chi connectivity index (χ0n) is 17.8. The van der Waals surface area contributed by atoms with Crippen LogP contribution in [0.25, 0.3) is 0 Å². The van der Waals surface area contributed by atoms with Gasteiger partial charge >= 0.3 is 6.18 Å². The maximum atomic E-state index is 13.5. The first-order valence-corrected chi connectivity index (χ1v) is 10.3. The van der Waals surface area contributed by atoms with Crippen LogP contribution in [-0.4, -0.2) is 52.1 Å². The van der Waals surface area contributed by atoms with Crippen molar-refractivity contribution in [2.24, 2.45) is 10.9 Å². The monoisotopic (exact) mass is 431 g/mol. The van der Waals surface area contributed by atoms with Crippen molar-refractivity contribution >= 4 is 5.96 Å². The van der Waals surface area contributed by atoms with Crippen molar-refractivity contribution in [2.75, 3.05) is 40.0 Å². The Morgan fingerprint density at radius 3 is 2.73 bits per heavy atom. The normalized spacial score (nSPS) is 17.4. The molecule has 0 aromatic heterocycles. The minimum atomic E-state index is -4.47. The van der Waals surface area contributed by atoms with Crippen LogP contribution >= 0.6 is 0 Å². The fraction of sp³-hybridized carbons (Fsp3) is 0.667. The first-order chi connectivity index (χ1) is 14.3. The Hall–Kier alpha value is -2.00. The molecule has 0 radical (unpaired) electrons. The van der Waals surface area contributed by atoms with Gasteiger partial charge in [-0.2, -0.15) is 13.2 Å².